The Morgan fingerprint density at radius 2 is 1.79 bits per heavy atom. The highest BCUT2D eigenvalue weighted by atomic mass is 35.5. The molecule has 0 aliphatic carbocycles. The molecule has 29 heavy (non-hydrogen) atoms. The number of carbonyl (C=O) groups excluding carboxylic acids is 1. The summed E-state index contributed by atoms with van der Waals surface area (Å²) in [6.07, 6.45) is 1.69. The molecule has 3 aromatic carbocycles. The van der Waals surface area contributed by atoms with Crippen LogP contribution in [-0.4, -0.2) is 19.0 Å². The van der Waals surface area contributed by atoms with Crippen molar-refractivity contribution in [1.29, 1.82) is 0 Å². The monoisotopic (exact) mass is 424 g/mol. The molecule has 1 aromatic heterocycles. The van der Waals surface area contributed by atoms with Gasteiger partial charge in [-0.3, -0.25) is 4.79 Å². The molecular formula is C23H18Cl2N2O2. The minimum Gasteiger partial charge on any atom is -0.464 e. The molecule has 0 aliphatic rings. The molecule has 1 amide bonds. The molecule has 0 unspecified atom stereocenters. The molecule has 3 N–H and O–H groups in total. The Morgan fingerprint density at radius 1 is 0.966 bits per heavy atom. The highest BCUT2D eigenvalue weighted by Crippen LogP contribution is 2.38. The van der Waals surface area contributed by atoms with Gasteiger partial charge in [0, 0.05) is 40.2 Å². The van der Waals surface area contributed by atoms with E-state index in [9.17, 15) is 4.79 Å². The second kappa shape index (κ2) is 8.29. The largest absolute Gasteiger partial charge is 0.464 e. The summed E-state index contributed by atoms with van der Waals surface area (Å²) >= 11 is 12.4. The molecule has 146 valence electrons. The number of fused-ring (bicyclic) bond motifs is 1. The quantitative estimate of drug-likeness (QED) is 0.427. The molecule has 0 atom stereocenters. The molecule has 0 bridgehead atoms. The van der Waals surface area contributed by atoms with Gasteiger partial charge in [-0.2, -0.15) is 0 Å². The Hall–Kier alpha value is -2.79. The van der Waals surface area contributed by atoms with Crippen molar-refractivity contribution in [2.24, 2.45) is 5.73 Å². The number of benzene rings is 3. The molecular weight excluding hydrogens is 407 g/mol. The fourth-order valence-corrected chi connectivity index (χ4v) is 3.76. The number of carbonyl (C=O) groups is 1. The third kappa shape index (κ3) is 4.01. The Morgan fingerprint density at radius 3 is 2.59 bits per heavy atom. The van der Waals surface area contributed by atoms with E-state index in [-0.39, 0.29) is 5.91 Å². The normalized spacial score (nSPS) is 11.0. The molecule has 0 fully saturated rings. The summed E-state index contributed by atoms with van der Waals surface area (Å²) in [5, 5.41) is 4.86. The van der Waals surface area contributed by atoms with Gasteiger partial charge in [-0.05, 0) is 47.5 Å². The lowest BCUT2D eigenvalue weighted by molar-refractivity contribution is 0.0955. The third-order valence-corrected chi connectivity index (χ3v) is 5.23. The first-order valence-electron chi connectivity index (χ1n) is 9.12. The molecule has 4 nitrogen and oxygen atoms in total. The number of rotatable bonds is 5. The number of nitrogens with one attached hydrogen (secondary N) is 1. The molecule has 0 saturated carbocycles. The standard InChI is InChI=1S/C23H18Cl2N2O2/c24-17-5-6-18(21(25)12-17)20-13-29-22-7-4-15(11-19(20)22)14-2-1-3-16(10-14)23(28)27-9-8-26/h1-7,10-13H,8-9,26H2,(H,27,28). The predicted octanol–water partition coefficient (Wildman–Crippen LogP) is 5.76. The summed E-state index contributed by atoms with van der Waals surface area (Å²) in [7, 11) is 0. The van der Waals surface area contributed by atoms with Gasteiger partial charge in [0.15, 0.2) is 0 Å². The average Bonchev–Trinajstić information content (AvgIpc) is 3.15. The molecule has 6 heteroatoms. The predicted molar refractivity (Wildman–Crippen MR) is 118 cm³/mol. The minimum atomic E-state index is -0.143. The van der Waals surface area contributed by atoms with Crippen LogP contribution in [0.4, 0.5) is 0 Å². The summed E-state index contributed by atoms with van der Waals surface area (Å²) in [5.74, 6) is -0.143. The van der Waals surface area contributed by atoms with Gasteiger partial charge in [0.25, 0.3) is 5.91 Å². The minimum absolute atomic E-state index is 0.143. The highest BCUT2D eigenvalue weighted by molar-refractivity contribution is 6.36. The Balaban J connectivity index is 1.76. The first-order chi connectivity index (χ1) is 14.1. The first kappa shape index (κ1) is 19.5. The van der Waals surface area contributed by atoms with Gasteiger partial charge in [0.1, 0.15) is 5.58 Å². The number of hydrogen-bond donors (Lipinski definition) is 2. The number of hydrogen-bond acceptors (Lipinski definition) is 3. The van der Waals surface area contributed by atoms with E-state index < -0.39 is 0 Å². The number of furan rings is 1. The van der Waals surface area contributed by atoms with E-state index in [0.29, 0.717) is 28.7 Å². The Bertz CT molecular complexity index is 1200. The van der Waals surface area contributed by atoms with Crippen LogP contribution in [0.25, 0.3) is 33.2 Å². The van der Waals surface area contributed by atoms with Crippen LogP contribution in [0.5, 0.6) is 0 Å². The van der Waals surface area contributed by atoms with Crippen LogP contribution in [0, 0.1) is 0 Å². The fraction of sp³-hybridized carbons (Fsp3) is 0.0870. The maximum atomic E-state index is 12.3. The summed E-state index contributed by atoms with van der Waals surface area (Å²) in [6, 6.07) is 18.8. The molecule has 0 aliphatic heterocycles. The maximum Gasteiger partial charge on any atom is 0.251 e. The van der Waals surface area contributed by atoms with Crippen LogP contribution in [0.15, 0.2) is 71.3 Å². The second-order valence-corrected chi connectivity index (χ2v) is 7.45. The molecule has 4 aromatic rings. The van der Waals surface area contributed by atoms with Crippen molar-refractivity contribution in [2.75, 3.05) is 13.1 Å². The van der Waals surface area contributed by atoms with Gasteiger partial charge in [-0.25, -0.2) is 0 Å². The number of halogens is 2. The van der Waals surface area contributed by atoms with Crippen molar-refractivity contribution in [2.45, 2.75) is 0 Å². The SMILES string of the molecule is NCCNC(=O)c1cccc(-c2ccc3occ(-c4ccc(Cl)cc4Cl)c3c2)c1. The van der Waals surface area contributed by atoms with Gasteiger partial charge in [0.2, 0.25) is 0 Å². The summed E-state index contributed by atoms with van der Waals surface area (Å²) < 4.78 is 5.72. The van der Waals surface area contributed by atoms with Gasteiger partial charge in [-0.1, -0.05) is 47.5 Å². The van der Waals surface area contributed by atoms with Crippen LogP contribution in [-0.2, 0) is 0 Å². The van der Waals surface area contributed by atoms with Gasteiger partial charge < -0.3 is 15.5 Å². The Labute approximate surface area is 178 Å². The molecule has 0 radical (unpaired) electrons. The van der Waals surface area contributed by atoms with Crippen LogP contribution >= 0.6 is 23.2 Å². The fourth-order valence-electron chi connectivity index (χ4n) is 3.25. The van der Waals surface area contributed by atoms with Crippen molar-refractivity contribution in [3.63, 3.8) is 0 Å². The van der Waals surface area contributed by atoms with Gasteiger partial charge >= 0.3 is 0 Å². The second-order valence-electron chi connectivity index (χ2n) is 6.61. The maximum absolute atomic E-state index is 12.3. The molecule has 0 saturated heterocycles. The van der Waals surface area contributed by atoms with E-state index in [1.54, 1.807) is 24.5 Å². The average molecular weight is 425 g/mol. The summed E-state index contributed by atoms with van der Waals surface area (Å²) in [6.45, 7) is 0.841. The third-order valence-electron chi connectivity index (χ3n) is 4.68. The van der Waals surface area contributed by atoms with Crippen molar-refractivity contribution < 1.29 is 9.21 Å². The van der Waals surface area contributed by atoms with Crippen molar-refractivity contribution in [3.8, 4) is 22.3 Å². The van der Waals surface area contributed by atoms with Crippen LogP contribution in [0.1, 0.15) is 10.4 Å². The van der Waals surface area contributed by atoms with E-state index >= 15 is 0 Å². The zero-order valence-corrected chi connectivity index (χ0v) is 16.9. The lowest BCUT2D eigenvalue weighted by Crippen LogP contribution is -2.28. The number of nitrogens with two attached hydrogens (primary N) is 1. The molecule has 0 spiro atoms. The zero-order valence-electron chi connectivity index (χ0n) is 15.4. The Kier molecular flexibility index (Phi) is 5.58. The number of amides is 1. The lowest BCUT2D eigenvalue weighted by Gasteiger charge is -2.07. The van der Waals surface area contributed by atoms with E-state index in [1.807, 2.05) is 42.5 Å². The summed E-state index contributed by atoms with van der Waals surface area (Å²) in [5.41, 5.74) is 10.4. The van der Waals surface area contributed by atoms with Crippen molar-refractivity contribution in [3.05, 3.63) is 82.5 Å². The topological polar surface area (TPSA) is 68.3 Å². The van der Waals surface area contributed by atoms with Gasteiger partial charge in [0.05, 0.1) is 11.3 Å². The van der Waals surface area contributed by atoms with E-state index in [1.165, 1.54) is 0 Å². The van der Waals surface area contributed by atoms with Gasteiger partial charge in [-0.15, -0.1) is 0 Å². The van der Waals surface area contributed by atoms with E-state index in [4.69, 9.17) is 33.4 Å². The van der Waals surface area contributed by atoms with Crippen LogP contribution in [0.2, 0.25) is 10.0 Å². The van der Waals surface area contributed by atoms with E-state index in [0.717, 1.165) is 33.2 Å². The highest BCUT2D eigenvalue weighted by Gasteiger charge is 2.13. The van der Waals surface area contributed by atoms with Crippen molar-refractivity contribution >= 4 is 40.1 Å². The zero-order chi connectivity index (χ0) is 20.4. The van der Waals surface area contributed by atoms with Crippen LogP contribution < -0.4 is 11.1 Å². The molecule has 4 rings (SSSR count). The molecule has 1 heterocycles. The lowest BCUT2D eigenvalue weighted by atomic mass is 9.98. The first-order valence-corrected chi connectivity index (χ1v) is 9.88. The van der Waals surface area contributed by atoms with E-state index in [2.05, 4.69) is 5.32 Å². The summed E-state index contributed by atoms with van der Waals surface area (Å²) in [4.78, 5) is 12.3. The smallest absolute Gasteiger partial charge is 0.251 e. The van der Waals surface area contributed by atoms with Crippen molar-refractivity contribution in [1.82, 2.24) is 5.32 Å². The van der Waals surface area contributed by atoms with Crippen LogP contribution in [0.3, 0.4) is 0 Å².